The number of esters is 1. The van der Waals surface area contributed by atoms with Gasteiger partial charge >= 0.3 is 5.97 Å². The Hall–Kier alpha value is -3.10. The van der Waals surface area contributed by atoms with Crippen molar-refractivity contribution in [2.45, 2.75) is 64.1 Å². The van der Waals surface area contributed by atoms with Crippen molar-refractivity contribution in [3.63, 3.8) is 0 Å². The molecular weight excluding hydrogens is 491 g/mol. The van der Waals surface area contributed by atoms with Crippen molar-refractivity contribution in [1.82, 2.24) is 10.1 Å². The highest BCUT2D eigenvalue weighted by molar-refractivity contribution is 7.18. The van der Waals surface area contributed by atoms with Crippen molar-refractivity contribution < 1.29 is 23.2 Å². The quantitative estimate of drug-likeness (QED) is 0.233. The second kappa shape index (κ2) is 9.99. The number of hydrogen-bond donors (Lipinski definition) is 0. The number of aryl methyl sites for hydroxylation is 1. The van der Waals surface area contributed by atoms with Crippen LogP contribution in [0.1, 0.15) is 70.3 Å². The Balaban J connectivity index is 1.13. The minimum atomic E-state index is -0.546. The second-order valence-electron chi connectivity index (χ2n) is 10.2. The van der Waals surface area contributed by atoms with Gasteiger partial charge in [0.2, 0.25) is 0 Å². The average molecular weight is 521 g/mol. The van der Waals surface area contributed by atoms with Crippen LogP contribution in [-0.2, 0) is 22.5 Å². The van der Waals surface area contributed by atoms with Crippen LogP contribution in [0.25, 0.3) is 21.5 Å². The van der Waals surface area contributed by atoms with Crippen molar-refractivity contribution in [3.05, 3.63) is 69.7 Å². The number of carbonyl (C=O) groups is 1. The van der Waals surface area contributed by atoms with Crippen LogP contribution < -0.4 is 0 Å². The molecule has 2 aliphatic rings. The van der Waals surface area contributed by atoms with Gasteiger partial charge in [-0.15, -0.1) is 11.3 Å². The van der Waals surface area contributed by atoms with E-state index in [1.807, 2.05) is 12.1 Å². The maximum absolute atomic E-state index is 14.5. The lowest BCUT2D eigenvalue weighted by molar-refractivity contribution is 0.0424. The largest absolute Gasteiger partial charge is 0.465 e. The summed E-state index contributed by atoms with van der Waals surface area (Å²) in [6, 6.07) is 11.1. The molecule has 8 heteroatoms. The standard InChI is InChI=1S/C29H29FN2O4S/c1-16-5-3-4-6-21(16)26-22(28(36-32-26)18-8-9-18)15-35-20-10-7-17(11-20)12-25-31-27-23(30)13-19(29(33)34-2)14-24(27)37-25/h3-6,13-14,17-18,20H,7-12,15H2,1-2H3/t17-,20+/m1/s1. The molecule has 0 aliphatic heterocycles. The molecule has 4 aromatic rings. The summed E-state index contributed by atoms with van der Waals surface area (Å²) >= 11 is 1.45. The minimum Gasteiger partial charge on any atom is -0.465 e. The summed E-state index contributed by atoms with van der Waals surface area (Å²) < 4.78 is 32.2. The third kappa shape index (κ3) is 4.92. The molecule has 2 aromatic heterocycles. The molecule has 2 atom stereocenters. The molecule has 2 aromatic carbocycles. The molecule has 0 N–H and O–H groups in total. The van der Waals surface area contributed by atoms with Gasteiger partial charge in [-0.3, -0.25) is 0 Å². The summed E-state index contributed by atoms with van der Waals surface area (Å²) in [4.78, 5) is 16.4. The zero-order valence-electron chi connectivity index (χ0n) is 21.0. The van der Waals surface area contributed by atoms with E-state index in [1.54, 1.807) is 6.07 Å². The summed E-state index contributed by atoms with van der Waals surface area (Å²) in [7, 11) is 1.29. The molecular formula is C29H29FN2O4S. The van der Waals surface area contributed by atoms with Gasteiger partial charge in [0, 0.05) is 23.5 Å². The van der Waals surface area contributed by atoms with Crippen molar-refractivity contribution in [3.8, 4) is 11.3 Å². The fraction of sp³-hybridized carbons (Fsp3) is 0.414. The summed E-state index contributed by atoms with van der Waals surface area (Å²) in [6.07, 6.45) is 6.20. The molecule has 0 radical (unpaired) electrons. The molecule has 2 fully saturated rings. The van der Waals surface area contributed by atoms with Gasteiger partial charge in [0.25, 0.3) is 0 Å². The lowest BCUT2D eigenvalue weighted by Crippen LogP contribution is -2.10. The lowest BCUT2D eigenvalue weighted by Gasteiger charge is -2.13. The van der Waals surface area contributed by atoms with E-state index in [1.165, 1.54) is 30.1 Å². The highest BCUT2D eigenvalue weighted by Crippen LogP contribution is 2.45. The Bertz CT molecular complexity index is 1460. The number of methoxy groups -OCH3 is 1. The second-order valence-corrected chi connectivity index (χ2v) is 11.3. The SMILES string of the molecule is COC(=O)c1cc(F)c2nc(C[C@@H]3CC[C@H](OCc4c(-c5ccccc5C)noc4C4CC4)C3)sc2c1. The highest BCUT2D eigenvalue weighted by atomic mass is 32.1. The number of halogens is 1. The van der Waals surface area contributed by atoms with Gasteiger partial charge in [0.1, 0.15) is 17.0 Å². The summed E-state index contributed by atoms with van der Waals surface area (Å²) in [5, 5.41) is 5.34. The predicted octanol–water partition coefficient (Wildman–Crippen LogP) is 6.99. The van der Waals surface area contributed by atoms with E-state index in [9.17, 15) is 9.18 Å². The molecule has 0 unspecified atom stereocenters. The van der Waals surface area contributed by atoms with Gasteiger partial charge in [-0.25, -0.2) is 14.2 Å². The minimum absolute atomic E-state index is 0.161. The molecule has 2 heterocycles. The van der Waals surface area contributed by atoms with Gasteiger partial charge in [0.15, 0.2) is 5.82 Å². The fourth-order valence-corrected chi connectivity index (χ4v) is 6.49. The first-order valence-electron chi connectivity index (χ1n) is 12.8. The third-order valence-corrected chi connectivity index (χ3v) is 8.53. The maximum Gasteiger partial charge on any atom is 0.338 e. The number of ether oxygens (including phenoxy) is 2. The van der Waals surface area contributed by atoms with Crippen LogP contribution in [0.3, 0.4) is 0 Å². The Kier molecular flexibility index (Phi) is 6.55. The topological polar surface area (TPSA) is 74.5 Å². The molecule has 2 aliphatic carbocycles. The monoisotopic (exact) mass is 520 g/mol. The van der Waals surface area contributed by atoms with Crippen LogP contribution in [0.4, 0.5) is 4.39 Å². The van der Waals surface area contributed by atoms with E-state index >= 15 is 0 Å². The van der Waals surface area contributed by atoms with E-state index in [4.69, 9.17) is 14.0 Å². The smallest absolute Gasteiger partial charge is 0.338 e. The van der Waals surface area contributed by atoms with Crippen LogP contribution in [0, 0.1) is 18.7 Å². The number of rotatable bonds is 8. The number of aromatic nitrogens is 2. The van der Waals surface area contributed by atoms with Crippen LogP contribution in [0.2, 0.25) is 0 Å². The zero-order valence-corrected chi connectivity index (χ0v) is 21.8. The van der Waals surface area contributed by atoms with Crippen LogP contribution in [-0.4, -0.2) is 29.3 Å². The Morgan fingerprint density at radius 3 is 2.81 bits per heavy atom. The zero-order chi connectivity index (χ0) is 25.5. The van der Waals surface area contributed by atoms with E-state index in [0.29, 0.717) is 28.7 Å². The summed E-state index contributed by atoms with van der Waals surface area (Å²) in [5.74, 6) is 0.831. The van der Waals surface area contributed by atoms with E-state index in [-0.39, 0.29) is 11.7 Å². The number of nitrogens with zero attached hydrogens (tertiary/aromatic N) is 2. The van der Waals surface area contributed by atoms with Crippen molar-refractivity contribution in [2.24, 2.45) is 5.92 Å². The number of thiazole rings is 1. The summed E-state index contributed by atoms with van der Waals surface area (Å²) in [5.41, 5.74) is 4.79. The first-order valence-corrected chi connectivity index (χ1v) is 13.6. The first-order chi connectivity index (χ1) is 18.0. The number of carbonyl (C=O) groups excluding carboxylic acids is 1. The van der Waals surface area contributed by atoms with Gasteiger partial charge in [-0.1, -0.05) is 29.4 Å². The van der Waals surface area contributed by atoms with E-state index in [2.05, 4.69) is 29.2 Å². The molecule has 37 heavy (non-hydrogen) atoms. The molecule has 0 saturated heterocycles. The van der Waals surface area contributed by atoms with Gasteiger partial charge < -0.3 is 14.0 Å². The fourth-order valence-electron chi connectivity index (χ4n) is 5.35. The van der Waals surface area contributed by atoms with E-state index < -0.39 is 11.8 Å². The number of benzene rings is 2. The number of hydrogen-bond acceptors (Lipinski definition) is 7. The Labute approximate surface area is 218 Å². The molecule has 6 rings (SSSR count). The van der Waals surface area contributed by atoms with Gasteiger partial charge in [-0.05, 0) is 62.6 Å². The van der Waals surface area contributed by atoms with Crippen LogP contribution in [0.5, 0.6) is 0 Å². The van der Waals surface area contributed by atoms with Gasteiger partial charge in [0.05, 0.1) is 35.1 Å². The van der Waals surface area contributed by atoms with Gasteiger partial charge in [-0.2, -0.15) is 0 Å². The molecule has 6 nitrogen and oxygen atoms in total. The normalized spacial score (nSPS) is 19.5. The van der Waals surface area contributed by atoms with Crippen LogP contribution in [0.15, 0.2) is 40.9 Å². The maximum atomic E-state index is 14.5. The average Bonchev–Trinajstić information content (AvgIpc) is 3.29. The summed E-state index contributed by atoms with van der Waals surface area (Å²) in [6.45, 7) is 2.59. The molecule has 192 valence electrons. The first kappa shape index (κ1) is 24.2. The molecule has 2 saturated carbocycles. The van der Waals surface area contributed by atoms with Crippen molar-refractivity contribution in [2.75, 3.05) is 7.11 Å². The molecule has 0 bridgehead atoms. The van der Waals surface area contributed by atoms with Crippen molar-refractivity contribution >= 4 is 27.5 Å². The molecule has 0 amide bonds. The molecule has 0 spiro atoms. The Morgan fingerprint density at radius 2 is 2.03 bits per heavy atom. The highest BCUT2D eigenvalue weighted by Gasteiger charge is 2.34. The third-order valence-electron chi connectivity index (χ3n) is 7.50. The number of fused-ring (bicyclic) bond motifs is 1. The van der Waals surface area contributed by atoms with Crippen LogP contribution >= 0.6 is 11.3 Å². The Morgan fingerprint density at radius 1 is 1.19 bits per heavy atom. The lowest BCUT2D eigenvalue weighted by atomic mass is 10.0. The van der Waals surface area contributed by atoms with E-state index in [0.717, 1.165) is 66.1 Å². The predicted molar refractivity (Wildman–Crippen MR) is 139 cm³/mol. The van der Waals surface area contributed by atoms with Crippen molar-refractivity contribution in [1.29, 1.82) is 0 Å².